The Morgan fingerprint density at radius 1 is 1.29 bits per heavy atom. The third-order valence-electron chi connectivity index (χ3n) is 3.88. The summed E-state index contributed by atoms with van der Waals surface area (Å²) in [5.41, 5.74) is 0. The Morgan fingerprint density at radius 3 is 2.43 bits per heavy atom. The van der Waals surface area contributed by atoms with E-state index in [2.05, 4.69) is 17.6 Å². The van der Waals surface area contributed by atoms with Crippen molar-refractivity contribution in [2.75, 3.05) is 19.3 Å². The van der Waals surface area contributed by atoms with E-state index >= 15 is 0 Å². The molecule has 0 spiro atoms. The van der Waals surface area contributed by atoms with Crippen LogP contribution >= 0.6 is 0 Å². The number of nitrogens with zero attached hydrogens (tertiary/aromatic N) is 1. The monoisotopic (exact) mass is 319 g/mol. The van der Waals surface area contributed by atoms with Crippen molar-refractivity contribution < 1.29 is 13.2 Å². The predicted molar refractivity (Wildman–Crippen MR) is 84.7 cm³/mol. The van der Waals surface area contributed by atoms with E-state index in [0.29, 0.717) is 25.9 Å². The summed E-state index contributed by atoms with van der Waals surface area (Å²) in [6, 6.07) is 0.0929. The highest BCUT2D eigenvalue weighted by Gasteiger charge is 2.25. The second kappa shape index (κ2) is 8.58. The topological polar surface area (TPSA) is 78.5 Å². The minimum Gasteiger partial charge on any atom is -0.336 e. The molecule has 1 aliphatic heterocycles. The van der Waals surface area contributed by atoms with Gasteiger partial charge in [0.25, 0.3) is 0 Å². The fourth-order valence-electron chi connectivity index (χ4n) is 2.56. The molecule has 0 saturated carbocycles. The van der Waals surface area contributed by atoms with Gasteiger partial charge in [0, 0.05) is 25.2 Å². The molecule has 0 aromatic rings. The molecular formula is C14H29N3O3S. The van der Waals surface area contributed by atoms with E-state index in [1.54, 1.807) is 0 Å². The lowest BCUT2D eigenvalue weighted by Gasteiger charge is -2.31. The molecule has 1 fully saturated rings. The van der Waals surface area contributed by atoms with Gasteiger partial charge in [-0.3, -0.25) is 0 Å². The van der Waals surface area contributed by atoms with Gasteiger partial charge in [-0.25, -0.2) is 17.5 Å². The van der Waals surface area contributed by atoms with Gasteiger partial charge in [-0.1, -0.05) is 26.2 Å². The van der Waals surface area contributed by atoms with Crippen molar-refractivity contribution in [2.45, 2.75) is 64.5 Å². The van der Waals surface area contributed by atoms with E-state index in [1.165, 1.54) is 23.4 Å². The summed E-state index contributed by atoms with van der Waals surface area (Å²) < 4.78 is 24.3. The molecule has 0 aliphatic carbocycles. The molecule has 0 bridgehead atoms. The number of rotatable bonds is 7. The van der Waals surface area contributed by atoms with E-state index in [-0.39, 0.29) is 18.1 Å². The number of nitrogens with one attached hydrogen (secondary N) is 2. The molecule has 1 rings (SSSR count). The molecule has 0 aromatic heterocycles. The van der Waals surface area contributed by atoms with Crippen LogP contribution in [0.5, 0.6) is 0 Å². The highest BCUT2D eigenvalue weighted by atomic mass is 32.2. The molecular weight excluding hydrogens is 290 g/mol. The van der Waals surface area contributed by atoms with Crippen molar-refractivity contribution in [1.29, 1.82) is 0 Å². The molecule has 0 aromatic carbocycles. The van der Waals surface area contributed by atoms with Crippen LogP contribution in [0.4, 0.5) is 4.79 Å². The number of carbonyl (C=O) groups is 1. The Kier molecular flexibility index (Phi) is 7.45. The van der Waals surface area contributed by atoms with Crippen LogP contribution in [0.2, 0.25) is 0 Å². The first-order valence-corrected chi connectivity index (χ1v) is 9.70. The largest absolute Gasteiger partial charge is 0.336 e. The maximum Gasteiger partial charge on any atom is 0.315 e. The third kappa shape index (κ3) is 7.13. The summed E-state index contributed by atoms with van der Waals surface area (Å²) in [4.78, 5) is 11.9. The second-order valence-electron chi connectivity index (χ2n) is 5.95. The van der Waals surface area contributed by atoms with Gasteiger partial charge < -0.3 is 10.6 Å². The van der Waals surface area contributed by atoms with Gasteiger partial charge in [0.15, 0.2) is 0 Å². The molecule has 1 heterocycles. The maximum absolute atomic E-state index is 11.9. The van der Waals surface area contributed by atoms with Crippen molar-refractivity contribution in [3.63, 3.8) is 0 Å². The summed E-state index contributed by atoms with van der Waals surface area (Å²) in [6.07, 6.45) is 7.06. The Bertz CT molecular complexity index is 417. The van der Waals surface area contributed by atoms with E-state index in [1.807, 2.05) is 6.92 Å². The molecule has 0 unspecified atom stereocenters. The molecule has 124 valence electrons. The second-order valence-corrected chi connectivity index (χ2v) is 7.93. The van der Waals surface area contributed by atoms with Gasteiger partial charge >= 0.3 is 6.03 Å². The lowest BCUT2D eigenvalue weighted by atomic mass is 10.1. The van der Waals surface area contributed by atoms with Crippen LogP contribution < -0.4 is 10.6 Å². The quantitative estimate of drug-likeness (QED) is 0.701. The van der Waals surface area contributed by atoms with Gasteiger partial charge in [-0.2, -0.15) is 0 Å². The van der Waals surface area contributed by atoms with Crippen molar-refractivity contribution in [1.82, 2.24) is 14.9 Å². The molecule has 7 heteroatoms. The normalized spacial score (nSPS) is 19.2. The summed E-state index contributed by atoms with van der Waals surface area (Å²) in [5.74, 6) is 0. The minimum atomic E-state index is -3.10. The van der Waals surface area contributed by atoms with Crippen LogP contribution in [0, 0.1) is 0 Å². The van der Waals surface area contributed by atoms with Gasteiger partial charge in [-0.05, 0) is 26.2 Å². The Labute approximate surface area is 128 Å². The summed E-state index contributed by atoms with van der Waals surface area (Å²) in [6.45, 7) is 5.14. The third-order valence-corrected chi connectivity index (χ3v) is 5.18. The highest BCUT2D eigenvalue weighted by molar-refractivity contribution is 7.88. The number of urea groups is 1. The van der Waals surface area contributed by atoms with E-state index in [4.69, 9.17) is 0 Å². The smallest absolute Gasteiger partial charge is 0.315 e. The van der Waals surface area contributed by atoms with Gasteiger partial charge in [-0.15, -0.1) is 0 Å². The van der Waals surface area contributed by atoms with Crippen LogP contribution in [-0.4, -0.2) is 50.2 Å². The molecule has 21 heavy (non-hydrogen) atoms. The highest BCUT2D eigenvalue weighted by Crippen LogP contribution is 2.13. The fourth-order valence-corrected chi connectivity index (χ4v) is 3.43. The number of unbranched alkanes of at least 4 members (excludes halogenated alkanes) is 2. The molecule has 2 N–H and O–H groups in total. The molecule has 1 atom stereocenters. The van der Waals surface area contributed by atoms with Crippen LogP contribution in [0.25, 0.3) is 0 Å². The van der Waals surface area contributed by atoms with E-state index < -0.39 is 10.0 Å². The number of hydrogen-bond acceptors (Lipinski definition) is 3. The lowest BCUT2D eigenvalue weighted by Crippen LogP contribution is -2.50. The van der Waals surface area contributed by atoms with E-state index in [9.17, 15) is 13.2 Å². The Hall–Kier alpha value is -0.820. The molecule has 1 aliphatic rings. The zero-order valence-electron chi connectivity index (χ0n) is 13.4. The van der Waals surface area contributed by atoms with Crippen LogP contribution in [0.1, 0.15) is 52.4 Å². The molecule has 0 radical (unpaired) electrons. The summed E-state index contributed by atoms with van der Waals surface area (Å²) in [7, 11) is -3.10. The first-order chi connectivity index (χ1) is 9.82. The van der Waals surface area contributed by atoms with Gasteiger partial charge in [0.1, 0.15) is 0 Å². The van der Waals surface area contributed by atoms with Crippen molar-refractivity contribution in [3.05, 3.63) is 0 Å². The zero-order valence-corrected chi connectivity index (χ0v) is 14.2. The van der Waals surface area contributed by atoms with Crippen LogP contribution in [0.3, 0.4) is 0 Å². The van der Waals surface area contributed by atoms with Crippen LogP contribution in [0.15, 0.2) is 0 Å². The van der Waals surface area contributed by atoms with Crippen molar-refractivity contribution >= 4 is 16.1 Å². The van der Waals surface area contributed by atoms with Gasteiger partial charge in [0.05, 0.1) is 6.26 Å². The van der Waals surface area contributed by atoms with Gasteiger partial charge in [0.2, 0.25) is 10.0 Å². The maximum atomic E-state index is 11.9. The molecule has 1 saturated heterocycles. The minimum absolute atomic E-state index is 0.0610. The fraction of sp³-hybridized carbons (Fsp3) is 0.929. The zero-order chi connectivity index (χ0) is 15.9. The first-order valence-electron chi connectivity index (χ1n) is 7.85. The number of hydrogen-bond donors (Lipinski definition) is 2. The standard InChI is InChI=1S/C14H29N3O3S/c1-4-5-6-7-12(2)15-14(18)16-13-8-10-17(11-9-13)21(3,19)20/h12-13H,4-11H2,1-3H3,(H2,15,16,18)/t12-/m0/s1. The summed E-state index contributed by atoms with van der Waals surface area (Å²) >= 11 is 0. The Balaban J connectivity index is 2.24. The lowest BCUT2D eigenvalue weighted by molar-refractivity contribution is 0.224. The number of sulfonamides is 1. The summed E-state index contributed by atoms with van der Waals surface area (Å²) in [5, 5.41) is 5.89. The molecule has 6 nitrogen and oxygen atoms in total. The van der Waals surface area contributed by atoms with E-state index in [0.717, 1.165) is 12.8 Å². The average Bonchev–Trinajstić information content (AvgIpc) is 2.38. The van der Waals surface area contributed by atoms with Crippen molar-refractivity contribution in [2.24, 2.45) is 0 Å². The average molecular weight is 319 g/mol. The predicted octanol–water partition coefficient (Wildman–Crippen LogP) is 1.68. The number of piperidine rings is 1. The van der Waals surface area contributed by atoms with Crippen LogP contribution in [-0.2, 0) is 10.0 Å². The number of carbonyl (C=O) groups excluding carboxylic acids is 1. The Morgan fingerprint density at radius 2 is 1.90 bits per heavy atom. The SMILES string of the molecule is CCCCC[C@H](C)NC(=O)NC1CCN(S(C)(=O)=O)CC1. The molecule has 2 amide bonds. The number of amides is 2. The first kappa shape index (κ1) is 18.2. The van der Waals surface area contributed by atoms with Crippen molar-refractivity contribution in [3.8, 4) is 0 Å².